The molecule has 2 rings (SSSR count). The Morgan fingerprint density at radius 1 is 1.17 bits per heavy atom. The molecule has 0 bridgehead atoms. The molecule has 0 saturated carbocycles. The molecule has 2 N–H and O–H groups in total. The van der Waals surface area contributed by atoms with E-state index in [4.69, 9.17) is 0 Å². The van der Waals surface area contributed by atoms with E-state index in [0.717, 1.165) is 17.0 Å². The van der Waals surface area contributed by atoms with E-state index < -0.39 is 5.79 Å². The number of hydrogen-bond donors (Lipinski definition) is 1. The lowest BCUT2D eigenvalue weighted by atomic mass is 10.2. The topological polar surface area (TPSA) is 69.6 Å². The zero-order valence-electron chi connectivity index (χ0n) is 11.1. The van der Waals surface area contributed by atoms with Gasteiger partial charge in [0.05, 0.1) is 6.20 Å². The molecule has 0 amide bonds. The van der Waals surface area contributed by atoms with Crippen LogP contribution in [0.3, 0.4) is 0 Å². The summed E-state index contributed by atoms with van der Waals surface area (Å²) in [5.74, 6) is -0.715. The third kappa shape index (κ3) is 5.49. The van der Waals surface area contributed by atoms with E-state index in [1.807, 2.05) is 20.2 Å². The minimum atomic E-state index is -1.50. The Hall–Kier alpha value is -1.82. The van der Waals surface area contributed by atoms with E-state index in [0.29, 0.717) is 0 Å². The van der Waals surface area contributed by atoms with Crippen LogP contribution in [0.4, 0.5) is 4.39 Å². The fraction of sp³-hybridized carbons (Fsp3) is 0.417. The average molecular weight is 251 g/mol. The highest BCUT2D eigenvalue weighted by Gasteiger charge is 2.02. The van der Waals surface area contributed by atoms with Crippen LogP contribution in [0.25, 0.3) is 11.1 Å². The molecule has 6 heteroatoms. The van der Waals surface area contributed by atoms with Gasteiger partial charge in [0, 0.05) is 36.8 Å². The van der Waals surface area contributed by atoms with E-state index in [1.54, 1.807) is 23.3 Å². The summed E-state index contributed by atoms with van der Waals surface area (Å²) >= 11 is 0. The second kappa shape index (κ2) is 5.68. The van der Waals surface area contributed by atoms with Gasteiger partial charge in [0.25, 0.3) is 0 Å². The molecule has 0 saturated heterocycles. The van der Waals surface area contributed by atoms with Crippen molar-refractivity contribution in [2.75, 3.05) is 0 Å². The fourth-order valence-corrected chi connectivity index (χ4v) is 1.11. The van der Waals surface area contributed by atoms with Crippen molar-refractivity contribution in [1.29, 1.82) is 0 Å². The van der Waals surface area contributed by atoms with Crippen LogP contribution in [0, 0.1) is 6.92 Å². The van der Waals surface area contributed by atoms with Crippen LogP contribution in [0.5, 0.6) is 0 Å². The van der Waals surface area contributed by atoms with Crippen LogP contribution in [-0.4, -0.2) is 25.5 Å². The molecule has 0 spiro atoms. The summed E-state index contributed by atoms with van der Waals surface area (Å²) in [5.41, 5.74) is 6.73. The van der Waals surface area contributed by atoms with Gasteiger partial charge in [0.2, 0.25) is 0 Å². The molecule has 0 radical (unpaired) electrons. The third-order valence-electron chi connectivity index (χ3n) is 1.82. The number of halogens is 1. The second-order valence-electron chi connectivity index (χ2n) is 4.49. The minimum absolute atomic E-state index is 0.785. The quantitative estimate of drug-likeness (QED) is 0.785. The Morgan fingerprint density at radius 3 is 2.06 bits per heavy atom. The Balaban J connectivity index is 0.000000280. The van der Waals surface area contributed by atoms with Crippen LogP contribution in [-0.2, 0) is 7.05 Å². The summed E-state index contributed by atoms with van der Waals surface area (Å²) in [4.78, 5) is 8.23. The standard InChI is InChI=1S/C9H10N4.C3H8FN/c1-7-10-3-8(4-11-7)9-5-12-13(2)6-9;1-3(2,4)5/h3-6H,1-2H3;5H2,1-2H3. The predicted octanol–water partition coefficient (Wildman–Crippen LogP) is 1.84. The number of rotatable bonds is 1. The Morgan fingerprint density at radius 2 is 1.67 bits per heavy atom. The second-order valence-corrected chi connectivity index (χ2v) is 4.49. The Labute approximate surface area is 106 Å². The monoisotopic (exact) mass is 251 g/mol. The number of aromatic nitrogens is 4. The van der Waals surface area contributed by atoms with Crippen molar-refractivity contribution in [3.63, 3.8) is 0 Å². The largest absolute Gasteiger partial charge is 0.300 e. The first-order valence-corrected chi connectivity index (χ1v) is 5.51. The van der Waals surface area contributed by atoms with Gasteiger partial charge in [0.15, 0.2) is 5.79 Å². The van der Waals surface area contributed by atoms with Gasteiger partial charge in [0.1, 0.15) is 5.82 Å². The van der Waals surface area contributed by atoms with Crippen LogP contribution in [0.15, 0.2) is 24.8 Å². The molecule has 2 aromatic heterocycles. The van der Waals surface area contributed by atoms with Crippen molar-refractivity contribution in [2.24, 2.45) is 12.8 Å². The first-order valence-electron chi connectivity index (χ1n) is 5.51. The van der Waals surface area contributed by atoms with Gasteiger partial charge in [-0.1, -0.05) is 0 Å². The summed E-state index contributed by atoms with van der Waals surface area (Å²) in [6.07, 6.45) is 7.35. The maximum atomic E-state index is 11.5. The minimum Gasteiger partial charge on any atom is -0.300 e. The summed E-state index contributed by atoms with van der Waals surface area (Å²) in [6, 6.07) is 0. The van der Waals surface area contributed by atoms with Crippen molar-refractivity contribution in [3.8, 4) is 11.1 Å². The van der Waals surface area contributed by atoms with Crippen LogP contribution in [0.1, 0.15) is 19.7 Å². The highest BCUT2D eigenvalue weighted by atomic mass is 19.1. The van der Waals surface area contributed by atoms with Crippen molar-refractivity contribution >= 4 is 0 Å². The van der Waals surface area contributed by atoms with Crippen LogP contribution < -0.4 is 5.73 Å². The molecule has 18 heavy (non-hydrogen) atoms. The zero-order valence-corrected chi connectivity index (χ0v) is 11.1. The Kier molecular flexibility index (Phi) is 4.49. The first-order chi connectivity index (χ1) is 8.25. The first kappa shape index (κ1) is 14.2. The SMILES string of the molecule is CC(C)(N)F.Cc1ncc(-c2cnn(C)c2)cn1. The van der Waals surface area contributed by atoms with Gasteiger partial charge in [-0.15, -0.1) is 0 Å². The maximum Gasteiger partial charge on any atom is 0.153 e. The molecular weight excluding hydrogens is 233 g/mol. The fourth-order valence-electron chi connectivity index (χ4n) is 1.11. The number of hydrogen-bond acceptors (Lipinski definition) is 4. The zero-order chi connectivity index (χ0) is 13.8. The Bertz CT molecular complexity index is 478. The lowest BCUT2D eigenvalue weighted by molar-refractivity contribution is 0.228. The molecule has 0 unspecified atom stereocenters. The van der Waals surface area contributed by atoms with Crippen molar-refractivity contribution in [3.05, 3.63) is 30.6 Å². The summed E-state index contributed by atoms with van der Waals surface area (Å²) < 4.78 is 13.2. The van der Waals surface area contributed by atoms with Crippen molar-refractivity contribution in [2.45, 2.75) is 26.6 Å². The number of alkyl halides is 1. The van der Waals surface area contributed by atoms with Gasteiger partial charge in [-0.05, 0) is 20.8 Å². The third-order valence-corrected chi connectivity index (χ3v) is 1.82. The number of aryl methyl sites for hydroxylation is 2. The van der Waals surface area contributed by atoms with Crippen molar-refractivity contribution < 1.29 is 4.39 Å². The molecule has 0 aliphatic heterocycles. The molecule has 2 aromatic rings. The highest BCUT2D eigenvalue weighted by molar-refractivity contribution is 5.59. The summed E-state index contributed by atoms with van der Waals surface area (Å²) in [7, 11) is 1.89. The van der Waals surface area contributed by atoms with E-state index >= 15 is 0 Å². The molecule has 0 aliphatic carbocycles. The lowest BCUT2D eigenvalue weighted by Crippen LogP contribution is -2.24. The van der Waals surface area contributed by atoms with Gasteiger partial charge < -0.3 is 0 Å². The van der Waals surface area contributed by atoms with E-state index in [9.17, 15) is 4.39 Å². The van der Waals surface area contributed by atoms with Gasteiger partial charge in [-0.3, -0.25) is 10.4 Å². The molecular formula is C12H18FN5. The number of nitrogens with zero attached hydrogens (tertiary/aromatic N) is 4. The van der Waals surface area contributed by atoms with E-state index in [1.165, 1.54) is 13.8 Å². The average Bonchev–Trinajstić information content (AvgIpc) is 2.63. The van der Waals surface area contributed by atoms with Gasteiger partial charge >= 0.3 is 0 Å². The lowest BCUT2D eigenvalue weighted by Gasteiger charge is -2.00. The highest BCUT2D eigenvalue weighted by Crippen LogP contribution is 2.15. The van der Waals surface area contributed by atoms with Crippen LogP contribution >= 0.6 is 0 Å². The maximum absolute atomic E-state index is 11.5. The van der Waals surface area contributed by atoms with E-state index in [2.05, 4.69) is 20.8 Å². The van der Waals surface area contributed by atoms with Crippen LogP contribution in [0.2, 0.25) is 0 Å². The van der Waals surface area contributed by atoms with Crippen molar-refractivity contribution in [1.82, 2.24) is 19.7 Å². The molecule has 0 fully saturated rings. The summed E-state index contributed by atoms with van der Waals surface area (Å²) in [6.45, 7) is 4.47. The smallest absolute Gasteiger partial charge is 0.153 e. The molecule has 2 heterocycles. The molecule has 0 atom stereocenters. The molecule has 0 aliphatic rings. The normalized spacial score (nSPS) is 10.8. The molecule has 0 aromatic carbocycles. The summed E-state index contributed by atoms with van der Waals surface area (Å²) in [5, 5.41) is 4.08. The molecule has 5 nitrogen and oxygen atoms in total. The van der Waals surface area contributed by atoms with E-state index in [-0.39, 0.29) is 0 Å². The molecule has 98 valence electrons. The van der Waals surface area contributed by atoms with Gasteiger partial charge in [-0.2, -0.15) is 5.10 Å². The number of nitrogens with two attached hydrogens (primary N) is 1. The predicted molar refractivity (Wildman–Crippen MR) is 68.3 cm³/mol. The van der Waals surface area contributed by atoms with Gasteiger partial charge in [-0.25, -0.2) is 14.4 Å².